The zero-order valence-corrected chi connectivity index (χ0v) is 12.2. The Morgan fingerprint density at radius 1 is 1.05 bits per heavy atom. The van der Waals surface area contributed by atoms with E-state index in [0.29, 0.717) is 0 Å². The van der Waals surface area contributed by atoms with E-state index in [1.165, 1.54) is 0 Å². The molecule has 0 aliphatic carbocycles. The number of hydrogen-bond donors (Lipinski definition) is 0. The number of thioether (sulfide) groups is 1. The minimum Gasteiger partial charge on any atom is -0.465 e. The molecule has 1 aromatic carbocycles. The number of hydrogen-bond acceptors (Lipinski definition) is 5. The molecule has 0 saturated heterocycles. The van der Waals surface area contributed by atoms with Gasteiger partial charge in [-0.3, -0.25) is 9.59 Å². The Kier molecular flexibility index (Phi) is 6.42. The van der Waals surface area contributed by atoms with E-state index in [1.807, 2.05) is 31.2 Å². The van der Waals surface area contributed by atoms with Crippen LogP contribution in [0.1, 0.15) is 19.4 Å². The minimum absolute atomic E-state index is 0.239. The lowest BCUT2D eigenvalue weighted by Gasteiger charge is -2.14. The molecule has 4 nitrogen and oxygen atoms in total. The van der Waals surface area contributed by atoms with Gasteiger partial charge in [-0.15, -0.1) is 0 Å². The Bertz CT molecular complexity index is 410. The van der Waals surface area contributed by atoms with Gasteiger partial charge in [0.2, 0.25) is 5.25 Å². The van der Waals surface area contributed by atoms with Crippen LogP contribution in [-0.4, -0.2) is 30.4 Å². The van der Waals surface area contributed by atoms with Gasteiger partial charge in [0.15, 0.2) is 0 Å². The second kappa shape index (κ2) is 7.84. The summed E-state index contributed by atoms with van der Waals surface area (Å²) in [7, 11) is 0. The molecule has 19 heavy (non-hydrogen) atoms. The maximum absolute atomic E-state index is 11.8. The first kappa shape index (κ1) is 15.6. The quantitative estimate of drug-likeness (QED) is 0.456. The molecule has 0 N–H and O–H groups in total. The fourth-order valence-electron chi connectivity index (χ4n) is 1.38. The van der Waals surface area contributed by atoms with E-state index in [4.69, 9.17) is 9.47 Å². The van der Waals surface area contributed by atoms with Crippen LogP contribution in [0.25, 0.3) is 0 Å². The summed E-state index contributed by atoms with van der Waals surface area (Å²) in [5.41, 5.74) is 1.12. The zero-order valence-electron chi connectivity index (χ0n) is 11.3. The molecule has 1 aromatic rings. The van der Waals surface area contributed by atoms with Crippen molar-refractivity contribution >= 4 is 23.7 Å². The average Bonchev–Trinajstić information content (AvgIpc) is 2.38. The van der Waals surface area contributed by atoms with Crippen molar-refractivity contribution < 1.29 is 19.1 Å². The SMILES string of the molecule is CCOC(=O)C(Sc1ccc(C)cc1)C(=O)OCC. The molecule has 0 heterocycles. The molecule has 0 spiro atoms. The van der Waals surface area contributed by atoms with Crippen LogP contribution in [-0.2, 0) is 19.1 Å². The summed E-state index contributed by atoms with van der Waals surface area (Å²) in [6, 6.07) is 7.59. The number of esters is 2. The van der Waals surface area contributed by atoms with Crippen molar-refractivity contribution in [1.29, 1.82) is 0 Å². The summed E-state index contributed by atoms with van der Waals surface area (Å²) in [4.78, 5) is 24.4. The number of carbonyl (C=O) groups excluding carboxylic acids is 2. The van der Waals surface area contributed by atoms with E-state index in [1.54, 1.807) is 13.8 Å². The van der Waals surface area contributed by atoms with Crippen molar-refractivity contribution in [3.05, 3.63) is 29.8 Å². The maximum atomic E-state index is 11.8. The van der Waals surface area contributed by atoms with Gasteiger partial charge in [0, 0.05) is 4.90 Å². The molecule has 0 aliphatic rings. The first-order valence-corrected chi connectivity index (χ1v) is 7.03. The molecule has 0 aliphatic heterocycles. The predicted octanol–water partition coefficient (Wildman–Crippen LogP) is 2.58. The Morgan fingerprint density at radius 3 is 1.95 bits per heavy atom. The molecule has 0 fully saturated rings. The van der Waals surface area contributed by atoms with Gasteiger partial charge in [-0.05, 0) is 32.9 Å². The molecular formula is C14H18O4S. The smallest absolute Gasteiger partial charge is 0.331 e. The molecule has 5 heteroatoms. The standard InChI is InChI=1S/C14H18O4S/c1-4-17-13(15)12(14(16)18-5-2)19-11-8-6-10(3)7-9-11/h6-9,12H,4-5H2,1-3H3. The molecule has 0 radical (unpaired) electrons. The number of benzene rings is 1. The summed E-state index contributed by atoms with van der Waals surface area (Å²) in [6.45, 7) is 5.86. The summed E-state index contributed by atoms with van der Waals surface area (Å²) < 4.78 is 9.81. The van der Waals surface area contributed by atoms with Crippen molar-refractivity contribution in [2.45, 2.75) is 30.9 Å². The molecule has 0 aromatic heterocycles. The van der Waals surface area contributed by atoms with Gasteiger partial charge in [0.25, 0.3) is 0 Å². The van der Waals surface area contributed by atoms with Crippen LogP contribution >= 0.6 is 11.8 Å². The molecule has 0 bridgehead atoms. The van der Waals surface area contributed by atoms with Gasteiger partial charge >= 0.3 is 11.9 Å². The number of ether oxygens (including phenoxy) is 2. The third kappa shape index (κ3) is 4.95. The lowest BCUT2D eigenvalue weighted by Crippen LogP contribution is -2.30. The minimum atomic E-state index is -0.970. The Hall–Kier alpha value is -1.49. The van der Waals surface area contributed by atoms with Gasteiger partial charge in [-0.2, -0.15) is 0 Å². The van der Waals surface area contributed by atoms with E-state index in [9.17, 15) is 9.59 Å². The topological polar surface area (TPSA) is 52.6 Å². The third-order valence-corrected chi connectivity index (χ3v) is 3.44. The van der Waals surface area contributed by atoms with Gasteiger partial charge in [-0.25, -0.2) is 0 Å². The van der Waals surface area contributed by atoms with Crippen LogP contribution in [0.3, 0.4) is 0 Å². The Balaban J connectivity index is 2.81. The van der Waals surface area contributed by atoms with Crippen molar-refractivity contribution in [1.82, 2.24) is 0 Å². The lowest BCUT2D eigenvalue weighted by atomic mass is 10.2. The van der Waals surface area contributed by atoms with E-state index in [-0.39, 0.29) is 13.2 Å². The van der Waals surface area contributed by atoms with Crippen LogP contribution in [0.5, 0.6) is 0 Å². The van der Waals surface area contributed by atoms with Crippen molar-refractivity contribution in [2.24, 2.45) is 0 Å². The maximum Gasteiger partial charge on any atom is 0.331 e. The van der Waals surface area contributed by atoms with E-state index >= 15 is 0 Å². The highest BCUT2D eigenvalue weighted by molar-refractivity contribution is 8.01. The van der Waals surface area contributed by atoms with Crippen molar-refractivity contribution in [3.8, 4) is 0 Å². The highest BCUT2D eigenvalue weighted by atomic mass is 32.2. The van der Waals surface area contributed by atoms with Crippen molar-refractivity contribution in [3.63, 3.8) is 0 Å². The fraction of sp³-hybridized carbons (Fsp3) is 0.429. The molecule has 0 amide bonds. The first-order valence-electron chi connectivity index (χ1n) is 6.15. The van der Waals surface area contributed by atoms with Crippen LogP contribution in [0, 0.1) is 6.92 Å². The van der Waals surface area contributed by atoms with E-state index in [2.05, 4.69) is 0 Å². The van der Waals surface area contributed by atoms with Gasteiger partial charge in [0.1, 0.15) is 0 Å². The Labute approximate surface area is 117 Å². The number of aryl methyl sites for hydroxylation is 1. The highest BCUT2D eigenvalue weighted by Gasteiger charge is 2.30. The molecular weight excluding hydrogens is 264 g/mol. The van der Waals surface area contributed by atoms with Crippen LogP contribution in [0.2, 0.25) is 0 Å². The number of carbonyl (C=O) groups is 2. The largest absolute Gasteiger partial charge is 0.465 e. The summed E-state index contributed by atoms with van der Waals surface area (Å²) in [5.74, 6) is -1.13. The molecule has 0 atom stereocenters. The van der Waals surface area contributed by atoms with Crippen LogP contribution < -0.4 is 0 Å². The van der Waals surface area contributed by atoms with Gasteiger partial charge in [0.05, 0.1) is 13.2 Å². The van der Waals surface area contributed by atoms with Gasteiger partial charge in [-0.1, -0.05) is 29.5 Å². The second-order valence-corrected chi connectivity index (χ2v) is 4.99. The Morgan fingerprint density at radius 2 is 1.53 bits per heavy atom. The van der Waals surface area contributed by atoms with Crippen LogP contribution in [0.15, 0.2) is 29.2 Å². The molecule has 0 unspecified atom stereocenters. The molecule has 104 valence electrons. The summed E-state index contributed by atoms with van der Waals surface area (Å²) in [5, 5.41) is -0.970. The van der Waals surface area contributed by atoms with E-state index < -0.39 is 17.2 Å². The normalized spacial score (nSPS) is 10.3. The first-order chi connectivity index (χ1) is 9.08. The lowest BCUT2D eigenvalue weighted by molar-refractivity contribution is -0.152. The fourth-order valence-corrected chi connectivity index (χ4v) is 2.28. The van der Waals surface area contributed by atoms with Crippen LogP contribution in [0.4, 0.5) is 0 Å². The number of rotatable bonds is 6. The van der Waals surface area contributed by atoms with Gasteiger partial charge < -0.3 is 9.47 Å². The highest BCUT2D eigenvalue weighted by Crippen LogP contribution is 2.25. The summed E-state index contributed by atoms with van der Waals surface area (Å²) in [6.07, 6.45) is 0. The molecule has 0 saturated carbocycles. The average molecular weight is 282 g/mol. The second-order valence-electron chi connectivity index (χ2n) is 3.82. The van der Waals surface area contributed by atoms with E-state index in [0.717, 1.165) is 22.2 Å². The third-order valence-electron chi connectivity index (χ3n) is 2.28. The predicted molar refractivity (Wildman–Crippen MR) is 74.1 cm³/mol. The van der Waals surface area contributed by atoms with Crippen molar-refractivity contribution in [2.75, 3.05) is 13.2 Å². The monoisotopic (exact) mass is 282 g/mol. The summed E-state index contributed by atoms with van der Waals surface area (Å²) >= 11 is 1.14. The molecule has 1 rings (SSSR count). The zero-order chi connectivity index (χ0) is 14.3.